The van der Waals surface area contributed by atoms with E-state index >= 15 is 13.2 Å². The molecule has 416 valence electrons. The van der Waals surface area contributed by atoms with E-state index in [1.54, 1.807) is 0 Å². The van der Waals surface area contributed by atoms with Gasteiger partial charge in [0.25, 0.3) is 0 Å². The Bertz CT molecular complexity index is 4160. The third kappa shape index (κ3) is 10.4. The molecular formula is C74H68F3N5O. The summed E-state index contributed by atoms with van der Waals surface area (Å²) >= 11 is 0. The third-order valence-corrected chi connectivity index (χ3v) is 16.1. The molecule has 0 fully saturated rings. The summed E-state index contributed by atoms with van der Waals surface area (Å²) in [6, 6.07) is 66.3. The minimum absolute atomic E-state index is 0.0927. The Kier molecular flexibility index (Phi) is 14.0. The standard InChI is InChI=1S/C74H68F3N5O/c1-46(2)48-33-49(47(3)4)35-50(34-48)62-36-52(74(8,9)10)37-63(71-64(76)39-53(75)40-65(71)77)72(62)80-45-79(67-27-19-20-28-68(67)80)56-41-57(81(54-21-13-11-14-22-54)55-23-15-12-16-24-55)43-59(42-56)83-58-29-30-61-60-25-17-18-26-66(60)82(69(61)44-58)70-38-51(31-32-78-70)73(5,6)7/h11-44,46-47H,45H2,1-10H3. The second kappa shape index (κ2) is 21.3. The van der Waals surface area contributed by atoms with Crippen LogP contribution in [0, 0.1) is 17.5 Å². The largest absolute Gasteiger partial charge is 0.457 e. The van der Waals surface area contributed by atoms with Gasteiger partial charge in [0.05, 0.1) is 39.3 Å². The lowest BCUT2D eigenvalue weighted by Crippen LogP contribution is -2.26. The Morgan fingerprint density at radius 1 is 0.494 bits per heavy atom. The molecule has 0 aliphatic carbocycles. The Balaban J connectivity index is 1.08. The summed E-state index contributed by atoms with van der Waals surface area (Å²) in [5, 5.41) is 2.18. The fraction of sp³-hybridized carbons (Fsp3) is 0.203. The van der Waals surface area contributed by atoms with Gasteiger partial charge in [0, 0.05) is 75.5 Å². The van der Waals surface area contributed by atoms with Crippen LogP contribution in [0.4, 0.5) is 53.0 Å². The van der Waals surface area contributed by atoms with E-state index in [0.717, 1.165) is 102 Å². The molecule has 83 heavy (non-hydrogen) atoms. The molecule has 0 amide bonds. The maximum absolute atomic E-state index is 16.8. The van der Waals surface area contributed by atoms with Crippen molar-refractivity contribution in [3.63, 3.8) is 0 Å². The number of hydrogen-bond acceptors (Lipinski definition) is 5. The minimum atomic E-state index is -0.982. The van der Waals surface area contributed by atoms with Gasteiger partial charge >= 0.3 is 0 Å². The SMILES string of the molecule is CC(C)c1cc(-c2cc(C(C)(C)C)cc(-c3c(F)cc(F)cc3F)c2N2CN(c3cc(Oc4ccc5c6ccccc6n(-c6cc(C(C)(C)C)ccn6)c5c4)cc(N(c4ccccc4)c4ccccc4)c3)c3ccccc32)cc(C(C)C)c1. The quantitative estimate of drug-likeness (QED) is 0.122. The lowest BCUT2D eigenvalue weighted by atomic mass is 9.81. The number of para-hydroxylation sites is 5. The van der Waals surface area contributed by atoms with Crippen LogP contribution in [0.5, 0.6) is 11.5 Å². The fourth-order valence-corrected chi connectivity index (χ4v) is 11.6. The second-order valence-corrected chi connectivity index (χ2v) is 24.6. The number of rotatable bonds is 12. The predicted molar refractivity (Wildman–Crippen MR) is 338 cm³/mol. The van der Waals surface area contributed by atoms with Crippen molar-refractivity contribution in [1.29, 1.82) is 0 Å². The monoisotopic (exact) mass is 1100 g/mol. The molecule has 9 heteroatoms. The van der Waals surface area contributed by atoms with Crippen LogP contribution in [0.15, 0.2) is 206 Å². The number of ether oxygens (including phenoxy) is 1. The number of pyridine rings is 1. The minimum Gasteiger partial charge on any atom is -0.457 e. The van der Waals surface area contributed by atoms with Gasteiger partial charge in [0.15, 0.2) is 0 Å². The molecule has 3 heterocycles. The molecule has 2 aromatic heterocycles. The van der Waals surface area contributed by atoms with Gasteiger partial charge in [-0.05, 0) is 135 Å². The molecule has 9 aromatic carbocycles. The molecule has 0 unspecified atom stereocenters. The van der Waals surface area contributed by atoms with Crippen LogP contribution in [0.2, 0.25) is 0 Å². The first kappa shape index (κ1) is 54.5. The Labute approximate surface area is 485 Å². The Hall–Kier alpha value is -9.08. The summed E-state index contributed by atoms with van der Waals surface area (Å²) in [7, 11) is 0. The molecule has 11 aromatic rings. The summed E-state index contributed by atoms with van der Waals surface area (Å²) in [4.78, 5) is 11.6. The van der Waals surface area contributed by atoms with Gasteiger partial charge in [-0.1, -0.05) is 154 Å². The highest BCUT2D eigenvalue weighted by Crippen LogP contribution is 2.54. The average Bonchev–Trinajstić information content (AvgIpc) is 4.25. The molecule has 0 radical (unpaired) electrons. The molecule has 1 aliphatic rings. The van der Waals surface area contributed by atoms with Crippen molar-refractivity contribution < 1.29 is 17.9 Å². The molecule has 12 rings (SSSR count). The number of aromatic nitrogens is 2. The van der Waals surface area contributed by atoms with Gasteiger partial charge in [0.1, 0.15) is 41.4 Å². The third-order valence-electron chi connectivity index (χ3n) is 16.1. The van der Waals surface area contributed by atoms with E-state index in [0.29, 0.717) is 22.7 Å². The van der Waals surface area contributed by atoms with Crippen molar-refractivity contribution in [3.8, 4) is 39.6 Å². The van der Waals surface area contributed by atoms with E-state index in [2.05, 4.69) is 216 Å². The van der Waals surface area contributed by atoms with Crippen molar-refractivity contribution in [2.45, 2.75) is 91.9 Å². The van der Waals surface area contributed by atoms with E-state index in [-0.39, 0.29) is 29.5 Å². The van der Waals surface area contributed by atoms with Crippen LogP contribution < -0.4 is 19.4 Å². The number of benzene rings is 9. The molecule has 0 spiro atoms. The second-order valence-electron chi connectivity index (χ2n) is 24.6. The van der Waals surface area contributed by atoms with Crippen LogP contribution in [0.3, 0.4) is 0 Å². The first-order chi connectivity index (χ1) is 39.8. The van der Waals surface area contributed by atoms with Crippen molar-refractivity contribution in [3.05, 3.63) is 246 Å². The summed E-state index contributed by atoms with van der Waals surface area (Å²) in [6.07, 6.45) is 1.89. The van der Waals surface area contributed by atoms with E-state index in [9.17, 15) is 0 Å². The van der Waals surface area contributed by atoms with Crippen LogP contribution >= 0.6 is 0 Å². The Morgan fingerprint density at radius 2 is 1.07 bits per heavy atom. The molecule has 0 atom stereocenters. The van der Waals surface area contributed by atoms with Crippen molar-refractivity contribution in [1.82, 2.24) is 9.55 Å². The highest BCUT2D eigenvalue weighted by atomic mass is 19.1. The maximum Gasteiger partial charge on any atom is 0.137 e. The molecule has 0 N–H and O–H groups in total. The van der Waals surface area contributed by atoms with Gasteiger partial charge in [-0.25, -0.2) is 18.2 Å². The summed E-state index contributed by atoms with van der Waals surface area (Å²) in [6.45, 7) is 21.9. The zero-order valence-corrected chi connectivity index (χ0v) is 48.8. The number of nitrogens with zero attached hydrogens (tertiary/aromatic N) is 5. The van der Waals surface area contributed by atoms with Gasteiger partial charge < -0.3 is 19.4 Å². The zero-order chi connectivity index (χ0) is 58.1. The molecule has 0 saturated heterocycles. The Morgan fingerprint density at radius 3 is 1.70 bits per heavy atom. The molecule has 6 nitrogen and oxygen atoms in total. The van der Waals surface area contributed by atoms with Crippen LogP contribution in [-0.4, -0.2) is 16.2 Å². The topological polar surface area (TPSA) is 36.8 Å². The highest BCUT2D eigenvalue weighted by Gasteiger charge is 2.35. The van der Waals surface area contributed by atoms with Crippen LogP contribution in [0.25, 0.3) is 49.9 Å². The number of hydrogen-bond donors (Lipinski definition) is 0. The average molecular weight is 1100 g/mol. The van der Waals surface area contributed by atoms with Crippen molar-refractivity contribution in [2.24, 2.45) is 0 Å². The number of fused-ring (bicyclic) bond motifs is 4. The van der Waals surface area contributed by atoms with Crippen molar-refractivity contribution >= 4 is 61.6 Å². The highest BCUT2D eigenvalue weighted by molar-refractivity contribution is 6.09. The zero-order valence-electron chi connectivity index (χ0n) is 48.8. The van der Waals surface area contributed by atoms with Crippen LogP contribution in [0.1, 0.15) is 103 Å². The van der Waals surface area contributed by atoms with E-state index in [1.165, 1.54) is 5.56 Å². The normalized spacial score (nSPS) is 12.8. The van der Waals surface area contributed by atoms with E-state index < -0.39 is 22.9 Å². The molecule has 0 saturated carbocycles. The maximum atomic E-state index is 16.8. The summed E-state index contributed by atoms with van der Waals surface area (Å²) in [5.41, 5.74) is 13.4. The fourth-order valence-electron chi connectivity index (χ4n) is 11.6. The predicted octanol–water partition coefficient (Wildman–Crippen LogP) is 21.3. The van der Waals surface area contributed by atoms with Gasteiger partial charge in [-0.2, -0.15) is 0 Å². The number of halogens is 3. The van der Waals surface area contributed by atoms with Crippen molar-refractivity contribution in [2.75, 3.05) is 21.4 Å². The van der Waals surface area contributed by atoms with Gasteiger partial charge in [0.2, 0.25) is 0 Å². The molecule has 0 bridgehead atoms. The first-order valence-electron chi connectivity index (χ1n) is 28.6. The lowest BCUT2D eigenvalue weighted by Gasteiger charge is -2.31. The molecule has 1 aliphatic heterocycles. The summed E-state index contributed by atoms with van der Waals surface area (Å²) in [5.74, 6) is -0.515. The summed E-state index contributed by atoms with van der Waals surface area (Å²) < 4.78 is 58.0. The lowest BCUT2D eigenvalue weighted by molar-refractivity contribution is 0.483. The first-order valence-corrected chi connectivity index (χ1v) is 28.6. The molecular weight excluding hydrogens is 1030 g/mol. The van der Waals surface area contributed by atoms with E-state index in [1.807, 2.05) is 66.9 Å². The number of anilines is 7. The van der Waals surface area contributed by atoms with Gasteiger partial charge in [-0.3, -0.25) is 4.57 Å². The van der Waals surface area contributed by atoms with Crippen LogP contribution in [-0.2, 0) is 10.8 Å². The van der Waals surface area contributed by atoms with Gasteiger partial charge in [-0.15, -0.1) is 0 Å². The smallest absolute Gasteiger partial charge is 0.137 e. The van der Waals surface area contributed by atoms with E-state index in [4.69, 9.17) is 9.72 Å².